The summed E-state index contributed by atoms with van der Waals surface area (Å²) in [5, 5.41) is 13.6. The Bertz CT molecular complexity index is 736. The van der Waals surface area contributed by atoms with Gasteiger partial charge < -0.3 is 19.1 Å². The molecule has 0 spiro atoms. The number of benzene rings is 1. The second kappa shape index (κ2) is 6.65. The van der Waals surface area contributed by atoms with E-state index in [1.807, 2.05) is 0 Å². The van der Waals surface area contributed by atoms with Gasteiger partial charge in [0.1, 0.15) is 5.57 Å². The van der Waals surface area contributed by atoms with Gasteiger partial charge in [-0.05, 0) is 46.6 Å². The Morgan fingerprint density at radius 2 is 2.09 bits per heavy atom. The molecule has 7 heteroatoms. The quantitative estimate of drug-likeness (QED) is 0.660. The van der Waals surface area contributed by atoms with Gasteiger partial charge in [-0.2, -0.15) is 0 Å². The smallest absolute Gasteiger partial charge is 0.341 e. The highest BCUT2D eigenvalue weighted by Gasteiger charge is 2.18. The van der Waals surface area contributed by atoms with Crippen molar-refractivity contribution >= 4 is 33.5 Å². The van der Waals surface area contributed by atoms with Crippen LogP contribution < -0.4 is 4.74 Å². The fraction of sp³-hybridized carbons (Fsp3) is 0.200. The standard InChI is InChI=1S/C15H14BrNO5/c1-8-4-12(22-17-8)10(15(19)21-3)5-9-6-11(16)14(18)13(7-9)20-2/h4-7,18H,1-3H3. The van der Waals surface area contributed by atoms with Crippen molar-refractivity contribution in [1.82, 2.24) is 5.16 Å². The van der Waals surface area contributed by atoms with E-state index in [0.29, 0.717) is 21.5 Å². The lowest BCUT2D eigenvalue weighted by Crippen LogP contribution is -2.03. The summed E-state index contributed by atoms with van der Waals surface area (Å²) >= 11 is 3.23. The van der Waals surface area contributed by atoms with Crippen LogP contribution in [0, 0.1) is 6.92 Å². The van der Waals surface area contributed by atoms with Crippen LogP contribution in [0.25, 0.3) is 11.6 Å². The zero-order valence-electron chi connectivity index (χ0n) is 12.2. The van der Waals surface area contributed by atoms with Crippen LogP contribution in [0.3, 0.4) is 0 Å². The van der Waals surface area contributed by atoms with Crippen molar-refractivity contribution in [2.24, 2.45) is 0 Å². The molecule has 1 N–H and O–H groups in total. The molecule has 1 aromatic carbocycles. The maximum Gasteiger partial charge on any atom is 0.341 e. The molecule has 0 aliphatic heterocycles. The van der Waals surface area contributed by atoms with Crippen LogP contribution >= 0.6 is 15.9 Å². The van der Waals surface area contributed by atoms with Crippen LogP contribution in [0.1, 0.15) is 17.0 Å². The van der Waals surface area contributed by atoms with Gasteiger partial charge in [-0.25, -0.2) is 4.79 Å². The Kier molecular flexibility index (Phi) is 4.87. The molecule has 1 heterocycles. The van der Waals surface area contributed by atoms with Gasteiger partial charge in [0.15, 0.2) is 17.3 Å². The predicted molar refractivity (Wildman–Crippen MR) is 83.5 cm³/mol. The molecule has 22 heavy (non-hydrogen) atoms. The van der Waals surface area contributed by atoms with Crippen molar-refractivity contribution < 1.29 is 23.9 Å². The zero-order chi connectivity index (χ0) is 16.3. The molecule has 0 saturated heterocycles. The van der Waals surface area contributed by atoms with Gasteiger partial charge in [0.2, 0.25) is 0 Å². The van der Waals surface area contributed by atoms with E-state index in [9.17, 15) is 9.90 Å². The number of esters is 1. The summed E-state index contributed by atoms with van der Waals surface area (Å²) in [5.74, 6) is 0.000183. The van der Waals surface area contributed by atoms with Crippen LogP contribution in [0.2, 0.25) is 0 Å². The number of methoxy groups -OCH3 is 2. The molecule has 2 rings (SSSR count). The average molecular weight is 368 g/mol. The largest absolute Gasteiger partial charge is 0.503 e. The van der Waals surface area contributed by atoms with Gasteiger partial charge in [-0.1, -0.05) is 5.16 Å². The molecular weight excluding hydrogens is 354 g/mol. The minimum absolute atomic E-state index is 0.0187. The summed E-state index contributed by atoms with van der Waals surface area (Å²) in [6, 6.07) is 4.87. The Morgan fingerprint density at radius 1 is 1.36 bits per heavy atom. The lowest BCUT2D eigenvalue weighted by atomic mass is 10.1. The maximum absolute atomic E-state index is 12.0. The second-order valence-electron chi connectivity index (χ2n) is 4.44. The molecule has 6 nitrogen and oxygen atoms in total. The first-order valence-corrected chi connectivity index (χ1v) is 7.05. The van der Waals surface area contributed by atoms with E-state index in [2.05, 4.69) is 21.1 Å². The van der Waals surface area contributed by atoms with Gasteiger partial charge in [-0.15, -0.1) is 0 Å². The first-order chi connectivity index (χ1) is 10.5. The van der Waals surface area contributed by atoms with E-state index in [-0.39, 0.29) is 17.1 Å². The van der Waals surface area contributed by atoms with Crippen molar-refractivity contribution in [2.45, 2.75) is 6.92 Å². The number of aromatic nitrogens is 1. The Balaban J connectivity index is 2.54. The Morgan fingerprint density at radius 3 is 2.64 bits per heavy atom. The summed E-state index contributed by atoms with van der Waals surface area (Å²) in [6.07, 6.45) is 1.57. The van der Waals surface area contributed by atoms with Crippen LogP contribution in [0.15, 0.2) is 27.2 Å². The van der Waals surface area contributed by atoms with Crippen LogP contribution in [0.5, 0.6) is 11.5 Å². The number of carbonyl (C=O) groups excluding carboxylic acids is 1. The normalized spacial score (nSPS) is 11.4. The SMILES string of the molecule is COC(=O)C(=Cc1cc(Br)c(O)c(OC)c1)c1cc(C)no1. The number of aromatic hydroxyl groups is 1. The monoisotopic (exact) mass is 367 g/mol. The summed E-state index contributed by atoms with van der Waals surface area (Å²) in [5.41, 5.74) is 1.48. The number of hydrogen-bond donors (Lipinski definition) is 1. The zero-order valence-corrected chi connectivity index (χ0v) is 13.8. The molecule has 0 amide bonds. The van der Waals surface area contributed by atoms with Crippen molar-refractivity contribution in [3.05, 3.63) is 39.7 Å². The number of halogens is 1. The van der Waals surface area contributed by atoms with Crippen molar-refractivity contribution in [3.8, 4) is 11.5 Å². The molecule has 0 aliphatic carbocycles. The lowest BCUT2D eigenvalue weighted by Gasteiger charge is -2.07. The first kappa shape index (κ1) is 16.1. The third-order valence-corrected chi connectivity index (χ3v) is 3.48. The number of hydrogen-bond acceptors (Lipinski definition) is 6. The highest BCUT2D eigenvalue weighted by atomic mass is 79.9. The Hall–Kier alpha value is -2.28. The van der Waals surface area contributed by atoms with Crippen molar-refractivity contribution in [2.75, 3.05) is 14.2 Å². The molecule has 2 aromatic rings. The molecule has 0 radical (unpaired) electrons. The first-order valence-electron chi connectivity index (χ1n) is 6.26. The number of phenolic OH excluding ortho intramolecular Hbond substituents is 1. The molecule has 0 fully saturated rings. The summed E-state index contributed by atoms with van der Waals surface area (Å²) < 4.78 is 15.4. The molecule has 0 saturated carbocycles. The summed E-state index contributed by atoms with van der Waals surface area (Å²) in [7, 11) is 2.72. The number of ether oxygens (including phenoxy) is 2. The van der Waals surface area contributed by atoms with Gasteiger partial charge in [0, 0.05) is 6.07 Å². The topological polar surface area (TPSA) is 81.8 Å². The molecule has 116 valence electrons. The summed E-state index contributed by atoms with van der Waals surface area (Å²) in [6.45, 7) is 1.75. The third-order valence-electron chi connectivity index (χ3n) is 2.88. The summed E-state index contributed by atoms with van der Waals surface area (Å²) in [4.78, 5) is 12.0. The van der Waals surface area contributed by atoms with E-state index in [0.717, 1.165) is 0 Å². The molecule has 0 bridgehead atoms. The van der Waals surface area contributed by atoms with E-state index >= 15 is 0 Å². The van der Waals surface area contributed by atoms with E-state index < -0.39 is 5.97 Å². The number of aryl methyl sites for hydroxylation is 1. The van der Waals surface area contributed by atoms with Gasteiger partial charge in [-0.3, -0.25) is 0 Å². The van der Waals surface area contributed by atoms with Gasteiger partial charge >= 0.3 is 5.97 Å². The molecule has 0 aliphatic rings. The molecule has 0 unspecified atom stereocenters. The predicted octanol–water partition coefficient (Wildman–Crippen LogP) is 3.17. The minimum Gasteiger partial charge on any atom is -0.503 e. The molecule has 0 atom stereocenters. The maximum atomic E-state index is 12.0. The Labute approximate surface area is 135 Å². The van der Waals surface area contributed by atoms with Crippen LogP contribution in [-0.4, -0.2) is 30.5 Å². The number of carbonyl (C=O) groups is 1. The van der Waals surface area contributed by atoms with Crippen LogP contribution in [0.4, 0.5) is 0 Å². The fourth-order valence-corrected chi connectivity index (χ4v) is 2.29. The highest BCUT2D eigenvalue weighted by Crippen LogP contribution is 2.36. The second-order valence-corrected chi connectivity index (χ2v) is 5.29. The average Bonchev–Trinajstić information content (AvgIpc) is 2.93. The highest BCUT2D eigenvalue weighted by molar-refractivity contribution is 9.10. The fourth-order valence-electron chi connectivity index (χ4n) is 1.83. The molecule has 1 aromatic heterocycles. The number of rotatable bonds is 4. The number of nitrogens with zero attached hydrogens (tertiary/aromatic N) is 1. The third kappa shape index (κ3) is 3.30. The minimum atomic E-state index is -0.556. The van der Waals surface area contributed by atoms with E-state index in [1.54, 1.807) is 31.2 Å². The lowest BCUT2D eigenvalue weighted by molar-refractivity contribution is -0.133. The van der Waals surface area contributed by atoms with E-state index in [1.165, 1.54) is 14.2 Å². The molecular formula is C15H14BrNO5. The van der Waals surface area contributed by atoms with Crippen LogP contribution in [-0.2, 0) is 9.53 Å². The van der Waals surface area contributed by atoms with Crippen molar-refractivity contribution in [3.63, 3.8) is 0 Å². The van der Waals surface area contributed by atoms with Gasteiger partial charge in [0.25, 0.3) is 0 Å². The van der Waals surface area contributed by atoms with E-state index in [4.69, 9.17) is 14.0 Å². The number of phenols is 1. The van der Waals surface area contributed by atoms with Crippen molar-refractivity contribution in [1.29, 1.82) is 0 Å². The van der Waals surface area contributed by atoms with Gasteiger partial charge in [0.05, 0.1) is 24.4 Å².